The molecule has 0 N–H and O–H groups in total. The fraction of sp³-hybridized carbons (Fsp3) is 0.367. The minimum Gasteiger partial charge on any atom is -0.489 e. The molecule has 0 aliphatic heterocycles. The molecule has 0 radical (unpaired) electrons. The standard InChI is InChI=1S/C23H24FNO.C3H8.2C2H6/c1-6-23(17(3)15-26-22-12-10-21(24)11-13-22)19(5)25-18(4)20-9-7-8-16(2)14-20;1-3-2;2*1-2/h6-14H,1,4,15H2,2-3,5H3;3H2,1-2H3;2*1-2H3/b23-17-,25-19?;;;. The maximum absolute atomic E-state index is 13.0. The van der Waals surface area contributed by atoms with Gasteiger partial charge in [-0.1, -0.05) is 91.0 Å². The lowest BCUT2D eigenvalue weighted by Crippen LogP contribution is -2.06. The monoisotopic (exact) mass is 453 g/mol. The maximum atomic E-state index is 13.0. The Hall–Kier alpha value is -2.94. The van der Waals surface area contributed by atoms with Crippen molar-refractivity contribution in [2.75, 3.05) is 6.61 Å². The van der Waals surface area contributed by atoms with Crippen LogP contribution >= 0.6 is 0 Å². The van der Waals surface area contributed by atoms with Crippen molar-refractivity contribution < 1.29 is 9.13 Å². The summed E-state index contributed by atoms with van der Waals surface area (Å²) in [5, 5.41) is 0. The van der Waals surface area contributed by atoms with E-state index in [9.17, 15) is 4.39 Å². The third-order valence-corrected chi connectivity index (χ3v) is 3.98. The zero-order valence-corrected chi connectivity index (χ0v) is 22.3. The van der Waals surface area contributed by atoms with Gasteiger partial charge in [-0.25, -0.2) is 4.39 Å². The molecule has 0 aliphatic carbocycles. The van der Waals surface area contributed by atoms with E-state index in [-0.39, 0.29) is 5.82 Å². The van der Waals surface area contributed by atoms with Gasteiger partial charge in [0.15, 0.2) is 0 Å². The quantitative estimate of drug-likeness (QED) is 0.302. The predicted molar refractivity (Wildman–Crippen MR) is 147 cm³/mol. The smallest absolute Gasteiger partial charge is 0.123 e. The Kier molecular flexibility index (Phi) is 19.3. The van der Waals surface area contributed by atoms with Crippen molar-refractivity contribution in [3.63, 3.8) is 0 Å². The van der Waals surface area contributed by atoms with Crippen LogP contribution in [-0.4, -0.2) is 12.3 Å². The Morgan fingerprint density at radius 2 is 1.55 bits per heavy atom. The van der Waals surface area contributed by atoms with Gasteiger partial charge < -0.3 is 4.74 Å². The van der Waals surface area contributed by atoms with Crippen LogP contribution in [0.2, 0.25) is 0 Å². The number of aryl methyl sites for hydroxylation is 1. The highest BCUT2D eigenvalue weighted by Crippen LogP contribution is 2.19. The van der Waals surface area contributed by atoms with E-state index >= 15 is 0 Å². The van der Waals surface area contributed by atoms with Crippen molar-refractivity contribution in [3.05, 3.63) is 95.9 Å². The number of ether oxygens (including phenoxy) is 1. The lowest BCUT2D eigenvalue weighted by Gasteiger charge is -2.11. The first-order valence-electron chi connectivity index (χ1n) is 11.8. The third-order valence-electron chi connectivity index (χ3n) is 3.98. The normalized spacial score (nSPS) is 10.7. The van der Waals surface area contributed by atoms with Gasteiger partial charge in [-0.2, -0.15) is 0 Å². The summed E-state index contributed by atoms with van der Waals surface area (Å²) in [5.74, 6) is 0.335. The van der Waals surface area contributed by atoms with Gasteiger partial charge >= 0.3 is 0 Å². The first-order valence-corrected chi connectivity index (χ1v) is 11.8. The molecule has 2 aromatic rings. The predicted octanol–water partition coefficient (Wildman–Crippen LogP) is 9.62. The van der Waals surface area contributed by atoms with Crippen molar-refractivity contribution in [2.45, 2.75) is 68.7 Å². The number of hydrogen-bond donors (Lipinski definition) is 0. The highest BCUT2D eigenvalue weighted by atomic mass is 19.1. The van der Waals surface area contributed by atoms with E-state index in [0.29, 0.717) is 18.1 Å². The van der Waals surface area contributed by atoms with Crippen molar-refractivity contribution in [1.82, 2.24) is 0 Å². The summed E-state index contributed by atoms with van der Waals surface area (Å²) in [6.07, 6.45) is 3.02. The number of halogens is 1. The van der Waals surface area contributed by atoms with Crippen LogP contribution < -0.4 is 4.74 Å². The molecule has 0 atom stereocenters. The van der Waals surface area contributed by atoms with Crippen LogP contribution in [0.25, 0.3) is 5.70 Å². The summed E-state index contributed by atoms with van der Waals surface area (Å²) in [6, 6.07) is 14.1. The second-order valence-electron chi connectivity index (χ2n) is 6.86. The molecule has 2 rings (SSSR count). The second kappa shape index (κ2) is 19.7. The van der Waals surface area contributed by atoms with Gasteiger partial charge in [0.1, 0.15) is 18.2 Å². The first-order chi connectivity index (χ1) is 15.8. The van der Waals surface area contributed by atoms with Gasteiger partial charge in [0.05, 0.1) is 5.70 Å². The van der Waals surface area contributed by atoms with Crippen molar-refractivity contribution in [2.24, 2.45) is 4.99 Å². The topological polar surface area (TPSA) is 21.6 Å². The highest BCUT2D eigenvalue weighted by Gasteiger charge is 2.06. The average Bonchev–Trinajstić information content (AvgIpc) is 2.82. The number of hydrogen-bond acceptors (Lipinski definition) is 2. The van der Waals surface area contributed by atoms with Crippen molar-refractivity contribution >= 4 is 11.4 Å². The molecule has 3 heteroatoms. The minimum absolute atomic E-state index is 0.283. The van der Waals surface area contributed by atoms with Gasteiger partial charge in [-0.05, 0) is 67.8 Å². The zero-order chi connectivity index (χ0) is 25.8. The molecule has 0 heterocycles. The molecule has 0 aromatic heterocycles. The number of benzene rings is 2. The first kappa shape index (κ1) is 32.2. The number of rotatable bonds is 7. The molecule has 0 aliphatic rings. The van der Waals surface area contributed by atoms with E-state index < -0.39 is 0 Å². The minimum atomic E-state index is -0.283. The zero-order valence-electron chi connectivity index (χ0n) is 22.3. The van der Waals surface area contributed by atoms with Gasteiger partial charge in [-0.3, -0.25) is 4.99 Å². The Morgan fingerprint density at radius 1 is 1.00 bits per heavy atom. The van der Waals surface area contributed by atoms with E-state index in [1.165, 1.54) is 24.1 Å². The van der Waals surface area contributed by atoms with E-state index in [0.717, 1.165) is 22.4 Å². The molecule has 0 spiro atoms. The van der Waals surface area contributed by atoms with Crippen LogP contribution in [0.1, 0.15) is 72.9 Å². The van der Waals surface area contributed by atoms with Crippen LogP contribution in [-0.2, 0) is 0 Å². The summed E-state index contributed by atoms with van der Waals surface area (Å²) in [4.78, 5) is 4.64. The van der Waals surface area contributed by atoms with Crippen LogP contribution in [0.3, 0.4) is 0 Å². The number of nitrogens with zero attached hydrogens (tertiary/aromatic N) is 1. The van der Waals surface area contributed by atoms with Crippen LogP contribution in [0.4, 0.5) is 4.39 Å². The van der Waals surface area contributed by atoms with Gasteiger partial charge in [-0.15, -0.1) is 0 Å². The van der Waals surface area contributed by atoms with Gasteiger partial charge in [0, 0.05) is 5.71 Å². The largest absolute Gasteiger partial charge is 0.489 e. The molecule has 0 bridgehead atoms. The lowest BCUT2D eigenvalue weighted by atomic mass is 10.1. The Bertz CT molecular complexity index is 876. The lowest BCUT2D eigenvalue weighted by molar-refractivity contribution is 0.351. The number of aliphatic imine (C=N–C) groups is 1. The molecule has 0 saturated heterocycles. The van der Waals surface area contributed by atoms with Crippen LogP contribution in [0.5, 0.6) is 5.75 Å². The van der Waals surface area contributed by atoms with Crippen LogP contribution in [0.15, 0.2) is 83.9 Å². The summed E-state index contributed by atoms with van der Waals surface area (Å²) in [6.45, 7) is 26.5. The average molecular weight is 454 g/mol. The van der Waals surface area contributed by atoms with Crippen molar-refractivity contribution in [3.8, 4) is 5.75 Å². The molecular weight excluding hydrogens is 409 g/mol. The molecular formula is C30H44FNO. The van der Waals surface area contributed by atoms with E-state index in [4.69, 9.17) is 4.74 Å². The number of allylic oxidation sites excluding steroid dienone is 2. The fourth-order valence-corrected chi connectivity index (χ4v) is 2.58. The second-order valence-corrected chi connectivity index (χ2v) is 6.86. The third kappa shape index (κ3) is 13.3. The molecule has 0 unspecified atom stereocenters. The molecule has 182 valence electrons. The highest BCUT2D eigenvalue weighted by molar-refractivity contribution is 6.03. The summed E-state index contributed by atoms with van der Waals surface area (Å²) in [7, 11) is 0. The van der Waals surface area contributed by atoms with E-state index in [1.807, 2.05) is 66.7 Å². The Balaban J connectivity index is 0. The fourth-order valence-electron chi connectivity index (χ4n) is 2.58. The molecule has 33 heavy (non-hydrogen) atoms. The molecule has 2 aromatic carbocycles. The summed E-state index contributed by atoms with van der Waals surface area (Å²) >= 11 is 0. The van der Waals surface area contributed by atoms with Crippen molar-refractivity contribution in [1.29, 1.82) is 0 Å². The summed E-state index contributed by atoms with van der Waals surface area (Å²) < 4.78 is 18.7. The molecule has 2 nitrogen and oxygen atoms in total. The van der Waals surface area contributed by atoms with Gasteiger partial charge in [0.2, 0.25) is 0 Å². The molecule has 0 amide bonds. The van der Waals surface area contributed by atoms with Crippen LogP contribution in [0, 0.1) is 12.7 Å². The van der Waals surface area contributed by atoms with E-state index in [1.54, 1.807) is 18.2 Å². The van der Waals surface area contributed by atoms with E-state index in [2.05, 4.69) is 38.1 Å². The Morgan fingerprint density at radius 3 is 2.03 bits per heavy atom. The van der Waals surface area contributed by atoms with Gasteiger partial charge in [0.25, 0.3) is 0 Å². The Labute approximate surface area is 202 Å². The maximum Gasteiger partial charge on any atom is 0.123 e. The SMILES string of the molecule is C=C/C(C(C)=NC(=C)c1cccc(C)c1)=C(\C)COc1ccc(F)cc1.CC.CC.CCC. The molecule has 0 saturated carbocycles. The molecule has 0 fully saturated rings. The summed E-state index contributed by atoms with van der Waals surface area (Å²) in [5.41, 5.74) is 5.60.